The topological polar surface area (TPSA) is 131 Å². The van der Waals surface area contributed by atoms with Gasteiger partial charge < -0.3 is 43.6 Å². The largest absolute Gasteiger partial charge is 0.479 e. The van der Waals surface area contributed by atoms with Crippen LogP contribution in [-0.4, -0.2) is 78.8 Å². The van der Waals surface area contributed by atoms with Gasteiger partial charge in [-0.3, -0.25) is 4.79 Å². The van der Waals surface area contributed by atoms with Gasteiger partial charge in [0.2, 0.25) is 0 Å². The van der Waals surface area contributed by atoms with Gasteiger partial charge in [0.15, 0.2) is 30.6 Å². The molecule has 43 heavy (non-hydrogen) atoms. The van der Waals surface area contributed by atoms with Crippen molar-refractivity contribution in [2.24, 2.45) is 0 Å². The van der Waals surface area contributed by atoms with Crippen molar-refractivity contribution in [3.63, 3.8) is 0 Å². The van der Waals surface area contributed by atoms with Crippen LogP contribution in [0.2, 0.25) is 0 Å². The van der Waals surface area contributed by atoms with Gasteiger partial charge >= 0.3 is 5.97 Å². The first-order valence-electron chi connectivity index (χ1n) is 15.0. The Labute approximate surface area is 250 Å². The predicted octanol–water partition coefficient (Wildman–Crippen LogP) is 3.46. The summed E-state index contributed by atoms with van der Waals surface area (Å²) in [6.45, 7) is 1.91. The second-order valence-electron chi connectivity index (χ2n) is 11.5. The molecule has 0 bridgehead atoms. The van der Waals surface area contributed by atoms with Gasteiger partial charge in [0.1, 0.15) is 24.4 Å². The molecular formula is C32H39NO10. The highest BCUT2D eigenvalue weighted by atomic mass is 16.8. The molecule has 11 heteroatoms. The minimum absolute atomic E-state index is 0.123. The Morgan fingerprint density at radius 2 is 1.72 bits per heavy atom. The standard InChI is InChI=1S/C32H39NO10/c1-20(29(35)36)40-27-25(33-28(34)24-19-39-32(43-24)15-9-4-10-16-32)31(37-17-21-11-5-2-6-12-21)41-23-18-38-30(42-26(23)27)22-13-7-3-8-14-22/h2-3,5-8,11-14,20,23-27,30-31H,4,9-10,15-19H2,1H3,(H,33,34)(H,35,36)/t20-,23-,24?,25-,26-,27-,30?,31?/m1/s1. The molecule has 1 aliphatic carbocycles. The maximum absolute atomic E-state index is 13.7. The van der Waals surface area contributed by atoms with E-state index in [-0.39, 0.29) is 19.8 Å². The monoisotopic (exact) mass is 597 g/mol. The number of ether oxygens (including phenoxy) is 7. The molecule has 3 saturated heterocycles. The second-order valence-corrected chi connectivity index (χ2v) is 11.5. The minimum atomic E-state index is -1.20. The van der Waals surface area contributed by atoms with Crippen LogP contribution in [0.4, 0.5) is 0 Å². The SMILES string of the molecule is C[C@@H](O[C@H]1[C@@H]2OC(c3ccccc3)OC[C@H]2OC(OCc2ccccc2)[C@@H]1NC(=O)C1COC2(CCCCC2)O1)C(=O)O. The van der Waals surface area contributed by atoms with Crippen molar-refractivity contribution in [3.8, 4) is 0 Å². The van der Waals surface area contributed by atoms with Gasteiger partial charge in [-0.1, -0.05) is 67.1 Å². The van der Waals surface area contributed by atoms with Crippen molar-refractivity contribution >= 4 is 11.9 Å². The van der Waals surface area contributed by atoms with Crippen LogP contribution in [0.5, 0.6) is 0 Å². The van der Waals surface area contributed by atoms with Gasteiger partial charge in [0.05, 0.1) is 19.8 Å². The summed E-state index contributed by atoms with van der Waals surface area (Å²) in [6, 6.07) is 18.1. The van der Waals surface area contributed by atoms with E-state index in [9.17, 15) is 14.7 Å². The van der Waals surface area contributed by atoms with E-state index in [0.717, 1.165) is 43.2 Å². The molecule has 232 valence electrons. The van der Waals surface area contributed by atoms with Gasteiger partial charge in [-0.05, 0) is 25.3 Å². The molecule has 2 N–H and O–H groups in total. The van der Waals surface area contributed by atoms with Crippen LogP contribution in [0, 0.1) is 0 Å². The molecule has 6 rings (SSSR count). The Bertz CT molecular complexity index is 1220. The predicted molar refractivity (Wildman–Crippen MR) is 150 cm³/mol. The number of benzene rings is 2. The number of fused-ring (bicyclic) bond motifs is 1. The number of carbonyl (C=O) groups is 2. The molecule has 1 amide bonds. The Morgan fingerprint density at radius 3 is 2.44 bits per heavy atom. The number of nitrogens with one attached hydrogen (secondary N) is 1. The first-order chi connectivity index (χ1) is 20.9. The van der Waals surface area contributed by atoms with Crippen LogP contribution < -0.4 is 5.32 Å². The van der Waals surface area contributed by atoms with Crippen molar-refractivity contribution in [3.05, 3.63) is 71.8 Å². The van der Waals surface area contributed by atoms with Gasteiger partial charge in [-0.2, -0.15) is 0 Å². The number of amides is 1. The molecular weight excluding hydrogens is 558 g/mol. The zero-order chi connectivity index (χ0) is 29.8. The van der Waals surface area contributed by atoms with E-state index in [0.29, 0.717) is 0 Å². The highest BCUT2D eigenvalue weighted by Gasteiger charge is 2.54. The lowest BCUT2D eigenvalue weighted by Gasteiger charge is -2.49. The lowest BCUT2D eigenvalue weighted by molar-refractivity contribution is -0.352. The molecule has 2 aromatic rings. The number of rotatable bonds is 9. The maximum Gasteiger partial charge on any atom is 0.332 e. The molecule has 4 aliphatic rings. The number of aliphatic carboxylic acids is 1. The number of carbonyl (C=O) groups excluding carboxylic acids is 1. The van der Waals surface area contributed by atoms with Crippen molar-refractivity contribution in [1.82, 2.24) is 5.32 Å². The van der Waals surface area contributed by atoms with Crippen LogP contribution in [0.3, 0.4) is 0 Å². The van der Waals surface area contributed by atoms with Crippen molar-refractivity contribution in [1.29, 1.82) is 0 Å². The summed E-state index contributed by atoms with van der Waals surface area (Å²) in [5, 5.41) is 12.8. The van der Waals surface area contributed by atoms with E-state index in [1.165, 1.54) is 6.92 Å². The van der Waals surface area contributed by atoms with Crippen LogP contribution in [0.15, 0.2) is 60.7 Å². The van der Waals surface area contributed by atoms with Crippen LogP contribution >= 0.6 is 0 Å². The van der Waals surface area contributed by atoms with Gasteiger partial charge in [-0.25, -0.2) is 4.79 Å². The minimum Gasteiger partial charge on any atom is -0.479 e. The van der Waals surface area contributed by atoms with E-state index < -0.39 is 66.8 Å². The Morgan fingerprint density at radius 1 is 1.00 bits per heavy atom. The summed E-state index contributed by atoms with van der Waals surface area (Å²) in [5.74, 6) is -2.29. The molecule has 11 nitrogen and oxygen atoms in total. The van der Waals surface area contributed by atoms with Gasteiger partial charge in [0, 0.05) is 18.4 Å². The number of carboxylic acids is 1. The van der Waals surface area contributed by atoms with E-state index in [4.69, 9.17) is 33.2 Å². The molecule has 0 radical (unpaired) electrons. The van der Waals surface area contributed by atoms with Gasteiger partial charge in [-0.15, -0.1) is 0 Å². The third-order valence-electron chi connectivity index (χ3n) is 8.45. The lowest BCUT2D eigenvalue weighted by Crippen LogP contribution is -2.68. The fraction of sp³-hybridized carbons (Fsp3) is 0.562. The molecule has 8 atom stereocenters. The summed E-state index contributed by atoms with van der Waals surface area (Å²) < 4.78 is 43.3. The summed E-state index contributed by atoms with van der Waals surface area (Å²) >= 11 is 0. The average molecular weight is 598 g/mol. The second kappa shape index (κ2) is 13.4. The zero-order valence-corrected chi connectivity index (χ0v) is 24.2. The van der Waals surface area contributed by atoms with Crippen LogP contribution in [0.25, 0.3) is 0 Å². The van der Waals surface area contributed by atoms with Crippen molar-refractivity contribution in [2.45, 2.75) is 101 Å². The number of carboxylic acid groups (broad SMARTS) is 1. The van der Waals surface area contributed by atoms with E-state index in [2.05, 4.69) is 5.32 Å². The summed E-state index contributed by atoms with van der Waals surface area (Å²) in [6.07, 6.45) is -1.56. The molecule has 4 fully saturated rings. The Hall–Kier alpha value is -2.90. The zero-order valence-electron chi connectivity index (χ0n) is 24.2. The van der Waals surface area contributed by atoms with Crippen LogP contribution in [0.1, 0.15) is 56.4 Å². The summed E-state index contributed by atoms with van der Waals surface area (Å²) in [4.78, 5) is 25.6. The Balaban J connectivity index is 1.26. The van der Waals surface area contributed by atoms with Crippen LogP contribution in [-0.2, 0) is 49.4 Å². The maximum atomic E-state index is 13.7. The normalized spacial score (nSPS) is 32.5. The number of hydrogen-bond donors (Lipinski definition) is 2. The summed E-state index contributed by atoms with van der Waals surface area (Å²) in [7, 11) is 0. The fourth-order valence-corrected chi connectivity index (χ4v) is 6.15. The van der Waals surface area contributed by atoms with Crippen molar-refractivity contribution < 1.29 is 47.9 Å². The van der Waals surface area contributed by atoms with E-state index >= 15 is 0 Å². The highest BCUT2D eigenvalue weighted by molar-refractivity contribution is 5.81. The summed E-state index contributed by atoms with van der Waals surface area (Å²) in [5.41, 5.74) is 1.70. The first kappa shape index (κ1) is 30.1. The molecule has 3 aliphatic heterocycles. The first-order valence-corrected chi connectivity index (χ1v) is 15.0. The lowest BCUT2D eigenvalue weighted by atomic mass is 9.94. The molecule has 1 saturated carbocycles. The van der Waals surface area contributed by atoms with E-state index in [1.807, 2.05) is 60.7 Å². The molecule has 1 spiro atoms. The molecule has 2 aromatic carbocycles. The molecule has 3 heterocycles. The molecule has 0 aromatic heterocycles. The average Bonchev–Trinajstić information content (AvgIpc) is 3.45. The van der Waals surface area contributed by atoms with E-state index in [1.54, 1.807) is 0 Å². The third-order valence-corrected chi connectivity index (χ3v) is 8.45. The fourth-order valence-electron chi connectivity index (χ4n) is 6.15. The van der Waals surface area contributed by atoms with Gasteiger partial charge in [0.25, 0.3) is 5.91 Å². The third kappa shape index (κ3) is 6.93. The number of hydrogen-bond acceptors (Lipinski definition) is 9. The molecule has 3 unspecified atom stereocenters. The van der Waals surface area contributed by atoms with Crippen molar-refractivity contribution in [2.75, 3.05) is 13.2 Å². The Kier molecular flexibility index (Phi) is 9.39. The highest BCUT2D eigenvalue weighted by Crippen LogP contribution is 2.39. The quantitative estimate of drug-likeness (QED) is 0.443. The smallest absolute Gasteiger partial charge is 0.332 e.